The Morgan fingerprint density at radius 2 is 1.76 bits per heavy atom. The van der Waals surface area contributed by atoms with Crippen molar-refractivity contribution in [3.8, 4) is 0 Å². The van der Waals surface area contributed by atoms with Crippen molar-refractivity contribution in [1.29, 1.82) is 0 Å². The number of halogens is 3. The fraction of sp³-hybridized carbons (Fsp3) is 0.500. The Hall–Kier alpha value is -0.761. The summed E-state index contributed by atoms with van der Waals surface area (Å²) in [6.45, 7) is -1.13. The summed E-state index contributed by atoms with van der Waals surface area (Å²) >= 11 is -2.22. The number of rotatable bonds is 6. The van der Waals surface area contributed by atoms with Crippen molar-refractivity contribution in [3.63, 3.8) is 0 Å². The SMILES string of the molecule is [CH3][Sn]([CH3])([CH3])[c]1ccc([C@@H](O)[C@@H](CF)NC(=O)C(F)F)cc1. The number of carbonyl (C=O) groups excluding carboxylic acids is 1. The Morgan fingerprint density at radius 3 is 2.14 bits per heavy atom. The molecule has 0 aromatic heterocycles. The number of aliphatic hydroxyl groups is 1. The summed E-state index contributed by atoms with van der Waals surface area (Å²) in [5.41, 5.74) is 0.395. The van der Waals surface area contributed by atoms with Crippen LogP contribution in [-0.4, -0.2) is 48.5 Å². The van der Waals surface area contributed by atoms with E-state index in [2.05, 4.69) is 14.8 Å². The molecule has 3 nitrogen and oxygen atoms in total. The number of aliphatic hydroxyl groups excluding tert-OH is 1. The third-order valence-corrected chi connectivity index (χ3v) is 9.09. The van der Waals surface area contributed by atoms with Crippen LogP contribution in [-0.2, 0) is 4.79 Å². The van der Waals surface area contributed by atoms with Crippen molar-refractivity contribution in [2.75, 3.05) is 6.67 Å². The third-order valence-electron chi connectivity index (χ3n) is 3.19. The van der Waals surface area contributed by atoms with Gasteiger partial charge in [0.05, 0.1) is 0 Å². The zero-order valence-corrected chi connectivity index (χ0v) is 15.1. The van der Waals surface area contributed by atoms with Crippen LogP contribution in [0, 0.1) is 0 Å². The monoisotopic (exact) mass is 411 g/mol. The Kier molecular flexibility index (Phi) is 6.52. The zero-order chi connectivity index (χ0) is 16.2. The molecule has 1 amide bonds. The summed E-state index contributed by atoms with van der Waals surface area (Å²) < 4.78 is 38.4. The molecule has 1 rings (SSSR count). The Morgan fingerprint density at radius 1 is 1.24 bits per heavy atom. The molecule has 2 N–H and O–H groups in total. The normalized spacial score (nSPS) is 14.9. The van der Waals surface area contributed by atoms with E-state index in [1.165, 1.54) is 3.58 Å². The summed E-state index contributed by atoms with van der Waals surface area (Å²) in [5, 5.41) is 11.8. The molecular weight excluding hydrogens is 390 g/mol. The molecule has 0 fully saturated rings. The number of benzene rings is 1. The van der Waals surface area contributed by atoms with E-state index < -0.39 is 49.5 Å². The van der Waals surface area contributed by atoms with Crippen LogP contribution in [0.15, 0.2) is 24.3 Å². The molecule has 0 radical (unpaired) electrons. The Labute approximate surface area is 126 Å². The van der Waals surface area contributed by atoms with Gasteiger partial charge in [-0.3, -0.25) is 0 Å². The minimum atomic E-state index is -3.23. The molecule has 0 aliphatic heterocycles. The van der Waals surface area contributed by atoms with Gasteiger partial charge < -0.3 is 0 Å². The summed E-state index contributed by atoms with van der Waals surface area (Å²) in [6, 6.07) is 5.67. The van der Waals surface area contributed by atoms with Gasteiger partial charge in [0.15, 0.2) is 0 Å². The predicted molar refractivity (Wildman–Crippen MR) is 78.3 cm³/mol. The van der Waals surface area contributed by atoms with Gasteiger partial charge in [0.2, 0.25) is 0 Å². The molecule has 0 saturated heterocycles. The van der Waals surface area contributed by atoms with Crippen LogP contribution in [0.5, 0.6) is 0 Å². The molecule has 0 unspecified atom stereocenters. The van der Waals surface area contributed by atoms with Gasteiger partial charge in [0.25, 0.3) is 0 Å². The van der Waals surface area contributed by atoms with Gasteiger partial charge in [-0.15, -0.1) is 0 Å². The number of alkyl halides is 3. The molecule has 0 bridgehead atoms. The van der Waals surface area contributed by atoms with E-state index in [9.17, 15) is 23.1 Å². The van der Waals surface area contributed by atoms with E-state index in [1.54, 1.807) is 12.1 Å². The first kappa shape index (κ1) is 18.3. The standard InChI is InChI=1S/C11H11F3NO2.3CH3.Sn/c12-6-8(15-11(17)10(13)14)9(16)7-4-2-1-3-5-7;;;;/h2-5,8-10,16H,6H2,(H,15,17);3*1H3;/t8-,9-;;;;/m1..../s1. The molecule has 1 aromatic rings. The molecule has 0 aliphatic carbocycles. The number of amides is 1. The topological polar surface area (TPSA) is 49.3 Å². The molecule has 0 heterocycles. The molecule has 0 spiro atoms. The Balaban J connectivity index is 2.85. The third kappa shape index (κ3) is 5.17. The maximum absolute atomic E-state index is 12.9. The van der Waals surface area contributed by atoms with Gasteiger partial charge in [-0.05, 0) is 0 Å². The van der Waals surface area contributed by atoms with Crippen LogP contribution in [0.3, 0.4) is 0 Å². The Bertz CT molecular complexity index is 474. The van der Waals surface area contributed by atoms with Crippen molar-refractivity contribution < 1.29 is 23.1 Å². The average molecular weight is 410 g/mol. The van der Waals surface area contributed by atoms with E-state index in [0.717, 1.165) is 0 Å². The van der Waals surface area contributed by atoms with Gasteiger partial charge in [0, 0.05) is 0 Å². The van der Waals surface area contributed by atoms with Crippen molar-refractivity contribution in [2.45, 2.75) is 33.4 Å². The first-order valence-corrected chi connectivity index (χ1v) is 16.6. The number of nitrogens with one attached hydrogen (secondary N) is 1. The maximum atomic E-state index is 12.9. The van der Waals surface area contributed by atoms with Crippen LogP contribution in [0.25, 0.3) is 0 Å². The van der Waals surface area contributed by atoms with E-state index in [4.69, 9.17) is 0 Å². The molecule has 2 atom stereocenters. The molecule has 0 aliphatic rings. The van der Waals surface area contributed by atoms with Crippen molar-refractivity contribution in [3.05, 3.63) is 29.8 Å². The molecule has 1 aromatic carbocycles. The predicted octanol–water partition coefficient (Wildman–Crippen LogP) is 1.98. The van der Waals surface area contributed by atoms with Gasteiger partial charge in [-0.1, -0.05) is 0 Å². The van der Waals surface area contributed by atoms with Crippen molar-refractivity contribution in [1.82, 2.24) is 5.32 Å². The summed E-state index contributed by atoms with van der Waals surface area (Å²) in [6.07, 6.45) is -4.59. The summed E-state index contributed by atoms with van der Waals surface area (Å²) in [4.78, 5) is 17.6. The van der Waals surface area contributed by atoms with E-state index in [0.29, 0.717) is 5.56 Å². The molecule has 21 heavy (non-hydrogen) atoms. The average Bonchev–Trinajstić information content (AvgIpc) is 2.42. The van der Waals surface area contributed by atoms with Crippen LogP contribution < -0.4 is 8.90 Å². The van der Waals surface area contributed by atoms with Gasteiger partial charge >= 0.3 is 126 Å². The molecule has 0 saturated carbocycles. The number of hydrogen-bond donors (Lipinski definition) is 2. The van der Waals surface area contributed by atoms with Crippen molar-refractivity contribution >= 4 is 27.9 Å². The minimum absolute atomic E-state index is 0.395. The number of carbonyl (C=O) groups is 1. The van der Waals surface area contributed by atoms with Crippen LogP contribution in [0.4, 0.5) is 13.2 Å². The van der Waals surface area contributed by atoms with Crippen LogP contribution in [0.1, 0.15) is 11.7 Å². The second-order valence-electron chi connectivity index (χ2n) is 5.89. The second-order valence-corrected chi connectivity index (χ2v) is 20.4. The second kappa shape index (κ2) is 7.49. The zero-order valence-electron chi connectivity index (χ0n) is 12.2. The van der Waals surface area contributed by atoms with Gasteiger partial charge in [0.1, 0.15) is 0 Å². The van der Waals surface area contributed by atoms with Crippen LogP contribution in [0.2, 0.25) is 14.8 Å². The summed E-state index contributed by atoms with van der Waals surface area (Å²) in [7, 11) is 0. The molecule has 7 heteroatoms. The molecular formula is C14H20F3NO2Sn. The van der Waals surface area contributed by atoms with E-state index in [1.807, 2.05) is 17.4 Å². The first-order chi connectivity index (χ1) is 9.66. The first-order valence-electron chi connectivity index (χ1n) is 6.59. The fourth-order valence-corrected chi connectivity index (χ4v) is 5.19. The van der Waals surface area contributed by atoms with Gasteiger partial charge in [-0.2, -0.15) is 0 Å². The summed E-state index contributed by atoms with van der Waals surface area (Å²) in [5.74, 6) is -1.58. The quantitative estimate of drug-likeness (QED) is 0.706. The van der Waals surface area contributed by atoms with Crippen molar-refractivity contribution in [2.24, 2.45) is 0 Å². The number of hydrogen-bond acceptors (Lipinski definition) is 2. The van der Waals surface area contributed by atoms with E-state index >= 15 is 0 Å². The molecule has 118 valence electrons. The van der Waals surface area contributed by atoms with E-state index in [-0.39, 0.29) is 0 Å². The van der Waals surface area contributed by atoms with Gasteiger partial charge in [-0.25, -0.2) is 0 Å². The van der Waals surface area contributed by atoms with Crippen LogP contribution >= 0.6 is 0 Å². The fourth-order valence-electron chi connectivity index (χ4n) is 1.86.